The molecule has 0 bridgehead atoms. The van der Waals surface area contributed by atoms with Crippen LogP contribution in [0.15, 0.2) is 29.2 Å². The van der Waals surface area contributed by atoms with Crippen molar-refractivity contribution >= 4 is 28.3 Å². The minimum Gasteiger partial charge on any atom is -0.348 e. The Labute approximate surface area is 162 Å². The fourth-order valence-electron chi connectivity index (χ4n) is 3.54. The first-order chi connectivity index (χ1) is 12.0. The van der Waals surface area contributed by atoms with Gasteiger partial charge in [-0.1, -0.05) is 6.92 Å². The Kier molecular flexibility index (Phi) is 7.46. The predicted molar refractivity (Wildman–Crippen MR) is 104 cm³/mol. The van der Waals surface area contributed by atoms with E-state index in [0.717, 1.165) is 38.8 Å². The Morgan fingerprint density at radius 1 is 1.19 bits per heavy atom. The van der Waals surface area contributed by atoms with Crippen molar-refractivity contribution in [3.63, 3.8) is 0 Å². The van der Waals surface area contributed by atoms with Gasteiger partial charge in [0.2, 0.25) is 10.0 Å². The Morgan fingerprint density at radius 2 is 1.92 bits per heavy atom. The lowest BCUT2D eigenvalue weighted by atomic mass is 10.0. The molecule has 26 heavy (non-hydrogen) atoms. The molecule has 1 aromatic carbocycles. The number of carbonyl (C=O) groups is 1. The number of halogens is 1. The number of amides is 1. The molecule has 2 saturated heterocycles. The second-order valence-corrected chi connectivity index (χ2v) is 9.09. The molecule has 2 atom stereocenters. The summed E-state index contributed by atoms with van der Waals surface area (Å²) in [6, 6.07) is 6.43. The van der Waals surface area contributed by atoms with Crippen molar-refractivity contribution in [2.75, 3.05) is 26.2 Å². The highest BCUT2D eigenvalue weighted by Crippen LogP contribution is 2.23. The third-order valence-electron chi connectivity index (χ3n) is 5.01. The molecular weight excluding hydrogens is 374 g/mol. The van der Waals surface area contributed by atoms with Crippen molar-refractivity contribution in [3.8, 4) is 0 Å². The summed E-state index contributed by atoms with van der Waals surface area (Å²) in [7, 11) is -3.47. The molecule has 1 amide bonds. The van der Waals surface area contributed by atoms with Crippen LogP contribution in [0.1, 0.15) is 43.0 Å². The average molecular weight is 402 g/mol. The fourth-order valence-corrected chi connectivity index (χ4v) is 5.13. The second kappa shape index (κ2) is 9.17. The summed E-state index contributed by atoms with van der Waals surface area (Å²) in [5.41, 5.74) is 0.497. The van der Waals surface area contributed by atoms with Crippen molar-refractivity contribution in [3.05, 3.63) is 29.8 Å². The maximum absolute atomic E-state index is 12.7. The molecule has 2 heterocycles. The van der Waals surface area contributed by atoms with Crippen LogP contribution in [0.3, 0.4) is 0 Å². The van der Waals surface area contributed by atoms with Crippen LogP contribution in [0.5, 0.6) is 0 Å². The van der Waals surface area contributed by atoms with Gasteiger partial charge in [-0.3, -0.25) is 4.79 Å². The van der Waals surface area contributed by atoms with Gasteiger partial charge in [0.1, 0.15) is 0 Å². The van der Waals surface area contributed by atoms with E-state index < -0.39 is 10.0 Å². The third kappa shape index (κ3) is 4.97. The van der Waals surface area contributed by atoms with Crippen LogP contribution in [0.2, 0.25) is 0 Å². The SMILES string of the molecule is CC1CCCN(S(=O)(=O)c2ccc(C(=O)N[C@H]3CCCNC3)cc2)C1.Cl. The Hall–Kier alpha value is -1.15. The zero-order valence-electron chi connectivity index (χ0n) is 15.1. The van der Waals surface area contributed by atoms with Gasteiger partial charge in [0.05, 0.1) is 4.90 Å². The first-order valence-electron chi connectivity index (χ1n) is 9.08. The molecule has 2 aliphatic heterocycles. The van der Waals surface area contributed by atoms with Crippen LogP contribution in [0.4, 0.5) is 0 Å². The molecule has 1 aromatic rings. The number of hydrogen-bond donors (Lipinski definition) is 2. The molecule has 2 aliphatic rings. The van der Waals surface area contributed by atoms with Crippen LogP contribution >= 0.6 is 12.4 Å². The molecule has 1 unspecified atom stereocenters. The summed E-state index contributed by atoms with van der Waals surface area (Å²) in [5, 5.41) is 6.26. The van der Waals surface area contributed by atoms with Gasteiger partial charge < -0.3 is 10.6 Å². The highest BCUT2D eigenvalue weighted by Gasteiger charge is 2.28. The normalized spacial score (nSPS) is 24.5. The number of nitrogens with zero attached hydrogens (tertiary/aromatic N) is 1. The van der Waals surface area contributed by atoms with E-state index in [4.69, 9.17) is 0 Å². The minimum absolute atomic E-state index is 0. The monoisotopic (exact) mass is 401 g/mol. The number of hydrogen-bond acceptors (Lipinski definition) is 4. The van der Waals surface area contributed by atoms with Crippen molar-refractivity contribution in [2.24, 2.45) is 5.92 Å². The smallest absolute Gasteiger partial charge is 0.251 e. The molecule has 0 spiro atoms. The van der Waals surface area contributed by atoms with E-state index in [1.165, 1.54) is 0 Å². The summed E-state index contributed by atoms with van der Waals surface area (Å²) in [4.78, 5) is 12.6. The first-order valence-corrected chi connectivity index (χ1v) is 10.5. The largest absolute Gasteiger partial charge is 0.348 e. The number of carbonyl (C=O) groups excluding carboxylic acids is 1. The zero-order valence-corrected chi connectivity index (χ0v) is 16.7. The lowest BCUT2D eigenvalue weighted by Gasteiger charge is -2.30. The Morgan fingerprint density at radius 3 is 2.54 bits per heavy atom. The van der Waals surface area contributed by atoms with E-state index >= 15 is 0 Å². The predicted octanol–water partition coefficient (Wildman–Crippen LogP) is 2.01. The van der Waals surface area contributed by atoms with E-state index in [-0.39, 0.29) is 29.3 Å². The lowest BCUT2D eigenvalue weighted by molar-refractivity contribution is 0.0930. The number of rotatable bonds is 4. The van der Waals surface area contributed by atoms with Crippen LogP contribution in [-0.4, -0.2) is 50.9 Å². The van der Waals surface area contributed by atoms with Gasteiger partial charge in [0.15, 0.2) is 0 Å². The van der Waals surface area contributed by atoms with Crippen molar-refractivity contribution in [2.45, 2.75) is 43.5 Å². The molecule has 0 radical (unpaired) electrons. The van der Waals surface area contributed by atoms with Gasteiger partial charge in [0, 0.05) is 31.2 Å². The number of benzene rings is 1. The summed E-state index contributed by atoms with van der Waals surface area (Å²) >= 11 is 0. The van der Waals surface area contributed by atoms with Gasteiger partial charge in [-0.2, -0.15) is 4.31 Å². The van der Waals surface area contributed by atoms with Crippen molar-refractivity contribution < 1.29 is 13.2 Å². The second-order valence-electron chi connectivity index (χ2n) is 7.15. The lowest BCUT2D eigenvalue weighted by Crippen LogP contribution is -2.45. The van der Waals surface area contributed by atoms with E-state index in [1.807, 2.05) is 0 Å². The molecule has 0 aromatic heterocycles. The number of piperidine rings is 2. The van der Waals surface area contributed by atoms with E-state index in [9.17, 15) is 13.2 Å². The molecule has 6 nitrogen and oxygen atoms in total. The molecule has 146 valence electrons. The summed E-state index contributed by atoms with van der Waals surface area (Å²) in [5.74, 6) is 0.238. The minimum atomic E-state index is -3.47. The van der Waals surface area contributed by atoms with Gasteiger partial charge in [-0.15, -0.1) is 12.4 Å². The third-order valence-corrected chi connectivity index (χ3v) is 6.89. The molecule has 2 N–H and O–H groups in total. The molecule has 0 saturated carbocycles. The molecule has 0 aliphatic carbocycles. The van der Waals surface area contributed by atoms with Crippen LogP contribution in [0, 0.1) is 5.92 Å². The molecule has 3 rings (SSSR count). The van der Waals surface area contributed by atoms with E-state index in [2.05, 4.69) is 17.6 Å². The number of nitrogens with one attached hydrogen (secondary N) is 2. The average Bonchev–Trinajstić information content (AvgIpc) is 2.62. The summed E-state index contributed by atoms with van der Waals surface area (Å²) in [6.45, 7) is 5.00. The van der Waals surface area contributed by atoms with Gasteiger partial charge >= 0.3 is 0 Å². The zero-order chi connectivity index (χ0) is 17.9. The molecular formula is C18H28ClN3O3S. The highest BCUT2D eigenvalue weighted by atomic mass is 35.5. The van der Waals surface area contributed by atoms with Crippen molar-refractivity contribution in [1.29, 1.82) is 0 Å². The van der Waals surface area contributed by atoms with Crippen molar-refractivity contribution in [1.82, 2.24) is 14.9 Å². The highest BCUT2D eigenvalue weighted by molar-refractivity contribution is 7.89. The van der Waals surface area contributed by atoms with Crippen LogP contribution in [-0.2, 0) is 10.0 Å². The van der Waals surface area contributed by atoms with Crippen LogP contribution in [0.25, 0.3) is 0 Å². The Bertz CT molecular complexity index is 703. The maximum Gasteiger partial charge on any atom is 0.251 e. The Balaban J connectivity index is 0.00000243. The molecule has 8 heteroatoms. The van der Waals surface area contributed by atoms with Gasteiger partial charge in [0.25, 0.3) is 5.91 Å². The molecule has 2 fully saturated rings. The number of sulfonamides is 1. The maximum atomic E-state index is 12.7. The van der Waals surface area contributed by atoms with Crippen LogP contribution < -0.4 is 10.6 Å². The first kappa shape index (κ1) is 21.2. The van der Waals surface area contributed by atoms with E-state index in [0.29, 0.717) is 24.6 Å². The quantitative estimate of drug-likeness (QED) is 0.808. The standard InChI is InChI=1S/C18H27N3O3S.ClH/c1-14-4-3-11-21(13-14)25(23,24)17-8-6-15(7-9-17)18(22)20-16-5-2-10-19-12-16;/h6-9,14,16,19H,2-5,10-13H2,1H3,(H,20,22);1H/t14?,16-;/m0./s1. The summed E-state index contributed by atoms with van der Waals surface area (Å²) in [6.07, 6.45) is 3.99. The van der Waals surface area contributed by atoms with Gasteiger partial charge in [-0.25, -0.2) is 8.42 Å². The van der Waals surface area contributed by atoms with E-state index in [1.54, 1.807) is 28.6 Å². The van der Waals surface area contributed by atoms with Gasteiger partial charge in [-0.05, 0) is 62.4 Å². The fraction of sp³-hybridized carbons (Fsp3) is 0.611. The summed E-state index contributed by atoms with van der Waals surface area (Å²) < 4.78 is 27.1. The topological polar surface area (TPSA) is 78.5 Å².